The van der Waals surface area contributed by atoms with Crippen molar-refractivity contribution in [2.24, 2.45) is 11.8 Å². The molecule has 0 spiro atoms. The molecule has 0 bridgehead atoms. The van der Waals surface area contributed by atoms with Gasteiger partial charge in [-0.1, -0.05) is 26.7 Å². The van der Waals surface area contributed by atoms with Crippen LogP contribution in [0.15, 0.2) is 0 Å². The Balaban J connectivity index is 1.46. The number of hydrogen-bond acceptors (Lipinski definition) is 5. The topological polar surface area (TPSA) is 91.5 Å². The third-order valence-electron chi connectivity index (χ3n) is 6.01. The highest BCUT2D eigenvalue weighted by Crippen LogP contribution is 2.25. The third-order valence-corrected chi connectivity index (χ3v) is 6.01. The fraction of sp³-hybridized carbons (Fsp3) is 0.889. The summed E-state index contributed by atoms with van der Waals surface area (Å²) in [5, 5.41) is 5.99. The highest BCUT2D eigenvalue weighted by molar-refractivity contribution is 6.01. The largest absolute Gasteiger partial charge is 0.376 e. The summed E-state index contributed by atoms with van der Waals surface area (Å²) in [6, 6.07) is 0.425. The lowest BCUT2D eigenvalue weighted by atomic mass is 9.89. The first-order chi connectivity index (χ1) is 12.1. The molecule has 5 atom stereocenters. The minimum atomic E-state index is -0.591. The molecule has 0 aromatic rings. The van der Waals surface area contributed by atoms with Crippen LogP contribution in [0.4, 0.5) is 0 Å². The SMILES string of the molecule is CCC(CC)C1CC(NC(=O)C2CCC(C3CCCO3)NC2=O)NN1. The molecule has 3 aliphatic rings. The third kappa shape index (κ3) is 4.33. The summed E-state index contributed by atoms with van der Waals surface area (Å²) >= 11 is 0. The van der Waals surface area contributed by atoms with Crippen molar-refractivity contribution in [1.29, 1.82) is 0 Å². The number of ether oxygens (including phenoxy) is 1. The van der Waals surface area contributed by atoms with Gasteiger partial charge in [0.1, 0.15) is 5.92 Å². The fourth-order valence-corrected chi connectivity index (χ4v) is 4.40. The average Bonchev–Trinajstić information content (AvgIpc) is 3.28. The highest BCUT2D eigenvalue weighted by Gasteiger charge is 2.39. The van der Waals surface area contributed by atoms with Gasteiger partial charge in [0.05, 0.1) is 18.3 Å². The summed E-state index contributed by atoms with van der Waals surface area (Å²) in [4.78, 5) is 24.9. The van der Waals surface area contributed by atoms with Crippen LogP contribution in [0.25, 0.3) is 0 Å². The van der Waals surface area contributed by atoms with Crippen LogP contribution in [0.2, 0.25) is 0 Å². The van der Waals surface area contributed by atoms with Crippen LogP contribution in [-0.4, -0.2) is 42.8 Å². The summed E-state index contributed by atoms with van der Waals surface area (Å²) in [7, 11) is 0. The molecule has 3 saturated heterocycles. The van der Waals surface area contributed by atoms with E-state index in [-0.39, 0.29) is 30.1 Å². The van der Waals surface area contributed by atoms with Gasteiger partial charge in [-0.15, -0.1) is 0 Å². The summed E-state index contributed by atoms with van der Waals surface area (Å²) in [5.74, 6) is -0.328. The molecule has 0 saturated carbocycles. The van der Waals surface area contributed by atoms with Crippen molar-refractivity contribution in [3.05, 3.63) is 0 Å². The lowest BCUT2D eigenvalue weighted by Gasteiger charge is -2.32. The molecule has 3 fully saturated rings. The van der Waals surface area contributed by atoms with E-state index in [0.29, 0.717) is 18.4 Å². The highest BCUT2D eigenvalue weighted by atomic mass is 16.5. The van der Waals surface area contributed by atoms with Crippen LogP contribution < -0.4 is 21.5 Å². The Hall–Kier alpha value is -1.18. The number of rotatable bonds is 6. The Morgan fingerprint density at radius 3 is 2.68 bits per heavy atom. The molecule has 0 aliphatic carbocycles. The smallest absolute Gasteiger partial charge is 0.233 e. The zero-order valence-electron chi connectivity index (χ0n) is 15.3. The van der Waals surface area contributed by atoms with Crippen LogP contribution in [0.5, 0.6) is 0 Å². The van der Waals surface area contributed by atoms with Gasteiger partial charge in [-0.2, -0.15) is 0 Å². The van der Waals surface area contributed by atoms with Crippen LogP contribution in [-0.2, 0) is 14.3 Å². The second-order valence-electron chi connectivity index (χ2n) is 7.57. The Morgan fingerprint density at radius 2 is 2.04 bits per heavy atom. The molecule has 7 heteroatoms. The monoisotopic (exact) mass is 352 g/mol. The summed E-state index contributed by atoms with van der Waals surface area (Å²) in [5.41, 5.74) is 6.45. The predicted octanol–water partition coefficient (Wildman–Crippen LogP) is 0.805. The van der Waals surface area contributed by atoms with Gasteiger partial charge in [0, 0.05) is 12.6 Å². The van der Waals surface area contributed by atoms with E-state index in [9.17, 15) is 9.59 Å². The van der Waals surface area contributed by atoms with Crippen molar-refractivity contribution in [2.75, 3.05) is 6.61 Å². The lowest BCUT2D eigenvalue weighted by molar-refractivity contribution is -0.139. The first-order valence-corrected chi connectivity index (χ1v) is 9.85. The Morgan fingerprint density at radius 1 is 1.24 bits per heavy atom. The molecule has 25 heavy (non-hydrogen) atoms. The number of carbonyl (C=O) groups is 2. The molecule has 0 aromatic carbocycles. The molecular formula is C18H32N4O3. The number of hydrazine groups is 1. The van der Waals surface area contributed by atoms with Gasteiger partial charge in [0.25, 0.3) is 0 Å². The number of hydrogen-bond donors (Lipinski definition) is 4. The van der Waals surface area contributed by atoms with Crippen molar-refractivity contribution < 1.29 is 14.3 Å². The van der Waals surface area contributed by atoms with Gasteiger partial charge in [0.15, 0.2) is 0 Å². The summed E-state index contributed by atoms with van der Waals surface area (Å²) in [6.07, 6.45) is 6.55. The standard InChI is InChI=1S/C18H32N4O3/c1-3-11(4-2)14-10-16(22-21-14)20-18(24)12-7-8-13(19-17(12)23)15-6-5-9-25-15/h11-16,21-22H,3-10H2,1-2H3,(H,19,23)(H,20,24). The molecule has 5 unspecified atom stereocenters. The van der Waals surface area contributed by atoms with Crippen molar-refractivity contribution >= 4 is 11.8 Å². The molecule has 2 amide bonds. The summed E-state index contributed by atoms with van der Waals surface area (Å²) in [6.45, 7) is 5.16. The second kappa shape index (κ2) is 8.47. The maximum atomic E-state index is 12.5. The molecule has 3 heterocycles. The second-order valence-corrected chi connectivity index (χ2v) is 7.57. The lowest BCUT2D eigenvalue weighted by Crippen LogP contribution is -2.55. The van der Waals surface area contributed by atoms with Crippen molar-refractivity contribution in [1.82, 2.24) is 21.5 Å². The van der Waals surface area contributed by atoms with E-state index in [1.165, 1.54) is 0 Å². The quantitative estimate of drug-likeness (QED) is 0.531. The number of carbonyl (C=O) groups excluding carboxylic acids is 2. The van der Waals surface area contributed by atoms with E-state index < -0.39 is 5.92 Å². The van der Waals surface area contributed by atoms with E-state index >= 15 is 0 Å². The molecular weight excluding hydrogens is 320 g/mol. The van der Waals surface area contributed by atoms with Gasteiger partial charge >= 0.3 is 0 Å². The van der Waals surface area contributed by atoms with Crippen LogP contribution >= 0.6 is 0 Å². The number of piperidine rings is 1. The Bertz CT molecular complexity index is 477. The fourth-order valence-electron chi connectivity index (χ4n) is 4.40. The van der Waals surface area contributed by atoms with Gasteiger partial charge < -0.3 is 15.4 Å². The van der Waals surface area contributed by atoms with Crippen LogP contribution in [0.1, 0.15) is 58.8 Å². The van der Waals surface area contributed by atoms with Crippen molar-refractivity contribution in [2.45, 2.75) is 83.1 Å². The van der Waals surface area contributed by atoms with Gasteiger partial charge in [-0.05, 0) is 38.0 Å². The average molecular weight is 352 g/mol. The minimum absolute atomic E-state index is 0.0598. The molecule has 3 aliphatic heterocycles. The number of amides is 2. The first kappa shape index (κ1) is 18.6. The Kier molecular flexibility index (Phi) is 6.30. The summed E-state index contributed by atoms with van der Waals surface area (Å²) < 4.78 is 5.67. The molecule has 142 valence electrons. The van der Waals surface area contributed by atoms with E-state index in [1.54, 1.807) is 0 Å². The van der Waals surface area contributed by atoms with Crippen molar-refractivity contribution in [3.8, 4) is 0 Å². The Labute approximate surface area is 150 Å². The molecule has 7 nitrogen and oxygen atoms in total. The maximum absolute atomic E-state index is 12.5. The van der Waals surface area contributed by atoms with E-state index in [0.717, 1.165) is 45.1 Å². The normalized spacial score (nSPS) is 35.8. The van der Waals surface area contributed by atoms with Gasteiger partial charge in [-0.3, -0.25) is 15.0 Å². The van der Waals surface area contributed by atoms with Crippen LogP contribution in [0, 0.1) is 11.8 Å². The molecule has 4 N–H and O–H groups in total. The van der Waals surface area contributed by atoms with E-state index in [4.69, 9.17) is 4.74 Å². The predicted molar refractivity (Wildman–Crippen MR) is 94.3 cm³/mol. The zero-order valence-corrected chi connectivity index (χ0v) is 15.3. The molecule has 3 rings (SSSR count). The zero-order chi connectivity index (χ0) is 17.8. The van der Waals surface area contributed by atoms with Gasteiger partial charge in [-0.25, -0.2) is 5.43 Å². The van der Waals surface area contributed by atoms with E-state index in [2.05, 4.69) is 35.3 Å². The maximum Gasteiger partial charge on any atom is 0.233 e. The van der Waals surface area contributed by atoms with Gasteiger partial charge in [0.2, 0.25) is 11.8 Å². The molecule has 0 aromatic heterocycles. The number of nitrogens with one attached hydrogen (secondary N) is 4. The van der Waals surface area contributed by atoms with Crippen LogP contribution in [0.3, 0.4) is 0 Å². The van der Waals surface area contributed by atoms with Crippen molar-refractivity contribution in [3.63, 3.8) is 0 Å². The minimum Gasteiger partial charge on any atom is -0.376 e. The molecule has 0 radical (unpaired) electrons. The first-order valence-electron chi connectivity index (χ1n) is 9.85. The van der Waals surface area contributed by atoms with E-state index in [1.807, 2.05) is 0 Å².